The summed E-state index contributed by atoms with van der Waals surface area (Å²) in [6, 6.07) is 0. The molecule has 3 nitrogen and oxygen atoms in total. The fourth-order valence-electron chi connectivity index (χ4n) is 0.596. The van der Waals surface area contributed by atoms with Gasteiger partial charge in [-0.1, -0.05) is 0 Å². The summed E-state index contributed by atoms with van der Waals surface area (Å²) >= 11 is 0. The lowest BCUT2D eigenvalue weighted by molar-refractivity contribution is 0.233. The summed E-state index contributed by atoms with van der Waals surface area (Å²) in [7, 11) is 0. The molecule has 0 spiro atoms. The average molecular weight is 96.1 g/mol. The van der Waals surface area contributed by atoms with Crippen LogP contribution in [0.5, 0.6) is 5.88 Å². The molecule has 0 aromatic carbocycles. The second kappa shape index (κ2) is 0.804. The van der Waals surface area contributed by atoms with Crippen LogP contribution in [0.4, 0.5) is 0 Å². The highest BCUT2D eigenvalue weighted by atomic mass is 16.5. The Kier molecular flexibility index (Phi) is 0.353. The van der Waals surface area contributed by atoms with Gasteiger partial charge in [0.1, 0.15) is 6.61 Å². The van der Waals surface area contributed by atoms with E-state index in [1.807, 2.05) is 0 Å². The third-order valence-electron chi connectivity index (χ3n) is 1.05. The molecule has 1 N–H and O–H groups in total. The van der Waals surface area contributed by atoms with Crippen molar-refractivity contribution in [3.8, 4) is 5.88 Å². The maximum atomic E-state index is 4.90. The summed E-state index contributed by atoms with van der Waals surface area (Å²) in [5.41, 5.74) is 1.18. The predicted octanol–water partition coefficient (Wildman–Crippen LogP) is 0.302. The van der Waals surface area contributed by atoms with Crippen molar-refractivity contribution in [2.75, 3.05) is 0 Å². The molecule has 2 rings (SSSR count). The van der Waals surface area contributed by atoms with Crippen LogP contribution in [0.2, 0.25) is 0 Å². The topological polar surface area (TPSA) is 37.9 Å². The van der Waals surface area contributed by atoms with E-state index in [1.54, 1.807) is 6.20 Å². The second-order valence-electron chi connectivity index (χ2n) is 1.51. The highest BCUT2D eigenvalue weighted by Crippen LogP contribution is 2.23. The summed E-state index contributed by atoms with van der Waals surface area (Å²) in [5, 5.41) is 6.42. The van der Waals surface area contributed by atoms with Gasteiger partial charge in [0.15, 0.2) is 0 Å². The van der Waals surface area contributed by atoms with Crippen LogP contribution in [-0.2, 0) is 6.61 Å². The van der Waals surface area contributed by atoms with Gasteiger partial charge >= 0.3 is 0 Å². The van der Waals surface area contributed by atoms with Crippen molar-refractivity contribution in [2.45, 2.75) is 6.61 Å². The van der Waals surface area contributed by atoms with Gasteiger partial charge in [0.2, 0.25) is 5.88 Å². The van der Waals surface area contributed by atoms with Crippen molar-refractivity contribution in [2.24, 2.45) is 0 Å². The van der Waals surface area contributed by atoms with Crippen molar-refractivity contribution in [1.29, 1.82) is 0 Å². The third kappa shape index (κ3) is 0.231. The monoisotopic (exact) mass is 96.0 g/mol. The first-order chi connectivity index (χ1) is 3.47. The Morgan fingerprint density at radius 1 is 1.86 bits per heavy atom. The molecule has 0 atom stereocenters. The van der Waals surface area contributed by atoms with Gasteiger partial charge in [0.25, 0.3) is 0 Å². The van der Waals surface area contributed by atoms with E-state index in [2.05, 4.69) is 10.2 Å². The lowest BCUT2D eigenvalue weighted by Crippen LogP contribution is -2.06. The minimum atomic E-state index is 0.728. The van der Waals surface area contributed by atoms with E-state index in [-0.39, 0.29) is 0 Å². The van der Waals surface area contributed by atoms with E-state index in [0.717, 1.165) is 12.5 Å². The van der Waals surface area contributed by atoms with Gasteiger partial charge in [0, 0.05) is 0 Å². The molecule has 1 aromatic heterocycles. The SMILES string of the molecule is c1n[nH]c2c1CO2. The quantitative estimate of drug-likeness (QED) is 0.504. The molecule has 1 aromatic rings. The zero-order chi connectivity index (χ0) is 4.69. The molecule has 0 amide bonds. The highest BCUT2D eigenvalue weighted by molar-refractivity contribution is 5.27. The summed E-state index contributed by atoms with van der Waals surface area (Å²) in [6.45, 7) is 0.728. The first-order valence-electron chi connectivity index (χ1n) is 2.12. The molecule has 0 fully saturated rings. The van der Waals surface area contributed by atoms with Crippen molar-refractivity contribution >= 4 is 0 Å². The van der Waals surface area contributed by atoms with Crippen LogP contribution in [-0.4, -0.2) is 10.2 Å². The van der Waals surface area contributed by atoms with Gasteiger partial charge in [-0.25, -0.2) is 5.10 Å². The molecule has 1 aliphatic rings. The Labute approximate surface area is 40.3 Å². The highest BCUT2D eigenvalue weighted by Gasteiger charge is 2.14. The van der Waals surface area contributed by atoms with E-state index < -0.39 is 0 Å². The smallest absolute Gasteiger partial charge is 0.216 e. The maximum absolute atomic E-state index is 4.90. The summed E-state index contributed by atoms with van der Waals surface area (Å²) in [4.78, 5) is 0. The van der Waals surface area contributed by atoms with Gasteiger partial charge in [-0.15, -0.1) is 0 Å². The van der Waals surface area contributed by atoms with E-state index in [1.165, 1.54) is 5.56 Å². The van der Waals surface area contributed by atoms with Crippen LogP contribution in [0, 0.1) is 0 Å². The minimum absolute atomic E-state index is 0.728. The zero-order valence-corrected chi connectivity index (χ0v) is 3.64. The standard InChI is InChI=1S/C4H4N2O/c1-3-2-7-4(3)6-5-1/h1H,2H2,(H,5,6). The van der Waals surface area contributed by atoms with Crippen LogP contribution in [0.15, 0.2) is 6.20 Å². The van der Waals surface area contributed by atoms with Crippen molar-refractivity contribution in [3.05, 3.63) is 11.8 Å². The summed E-state index contributed by atoms with van der Waals surface area (Å²) < 4.78 is 4.90. The zero-order valence-electron chi connectivity index (χ0n) is 3.64. The number of hydrogen-bond donors (Lipinski definition) is 1. The van der Waals surface area contributed by atoms with Gasteiger partial charge in [-0.2, -0.15) is 5.10 Å². The number of hydrogen-bond acceptors (Lipinski definition) is 2. The van der Waals surface area contributed by atoms with Crippen LogP contribution in [0.1, 0.15) is 5.56 Å². The van der Waals surface area contributed by atoms with E-state index in [9.17, 15) is 0 Å². The average Bonchev–Trinajstić information content (AvgIpc) is 1.85. The van der Waals surface area contributed by atoms with Crippen LogP contribution >= 0.6 is 0 Å². The van der Waals surface area contributed by atoms with Gasteiger partial charge < -0.3 is 4.74 Å². The summed E-state index contributed by atoms with van der Waals surface area (Å²) in [6.07, 6.45) is 1.78. The first-order valence-corrected chi connectivity index (χ1v) is 2.12. The van der Waals surface area contributed by atoms with Crippen LogP contribution in [0.3, 0.4) is 0 Å². The molecule has 3 heteroatoms. The predicted molar refractivity (Wildman–Crippen MR) is 22.9 cm³/mol. The van der Waals surface area contributed by atoms with Crippen molar-refractivity contribution < 1.29 is 4.74 Å². The van der Waals surface area contributed by atoms with E-state index in [4.69, 9.17) is 4.74 Å². The van der Waals surface area contributed by atoms with Crippen molar-refractivity contribution in [1.82, 2.24) is 10.2 Å². The van der Waals surface area contributed by atoms with Gasteiger partial charge in [-0.3, -0.25) is 0 Å². The minimum Gasteiger partial charge on any atom is -0.473 e. The number of nitrogens with one attached hydrogen (secondary N) is 1. The molecule has 36 valence electrons. The number of fused-ring (bicyclic) bond motifs is 1. The molecule has 2 heterocycles. The second-order valence-corrected chi connectivity index (χ2v) is 1.51. The number of rotatable bonds is 0. The van der Waals surface area contributed by atoms with Gasteiger partial charge in [-0.05, 0) is 0 Å². The Morgan fingerprint density at radius 3 is 3.14 bits per heavy atom. The normalized spacial score (nSPS) is 14.3. The Bertz CT molecular complexity index is 163. The molecular weight excluding hydrogens is 92.1 g/mol. The number of nitrogens with zero attached hydrogens (tertiary/aromatic N) is 1. The Morgan fingerprint density at radius 2 is 2.86 bits per heavy atom. The fraction of sp³-hybridized carbons (Fsp3) is 0.250. The molecular formula is C4H4N2O. The number of aromatic amines is 1. The lowest BCUT2D eigenvalue weighted by atomic mass is 10.3. The van der Waals surface area contributed by atoms with Gasteiger partial charge in [0.05, 0.1) is 11.8 Å². The molecule has 0 bridgehead atoms. The Balaban J connectivity index is 2.69. The lowest BCUT2D eigenvalue weighted by Gasteiger charge is -2.11. The molecule has 0 saturated heterocycles. The molecule has 0 saturated carbocycles. The number of aromatic nitrogens is 2. The van der Waals surface area contributed by atoms with E-state index in [0.29, 0.717) is 0 Å². The molecule has 0 unspecified atom stereocenters. The van der Waals surface area contributed by atoms with Crippen LogP contribution in [0.25, 0.3) is 0 Å². The number of H-pyrrole nitrogens is 1. The van der Waals surface area contributed by atoms with E-state index >= 15 is 0 Å². The fourth-order valence-corrected chi connectivity index (χ4v) is 0.596. The molecule has 7 heavy (non-hydrogen) atoms. The molecule has 0 aliphatic carbocycles. The number of ether oxygens (including phenoxy) is 1. The first kappa shape index (κ1) is 3.07. The molecule has 0 radical (unpaired) electrons. The van der Waals surface area contributed by atoms with Crippen molar-refractivity contribution in [3.63, 3.8) is 0 Å². The van der Waals surface area contributed by atoms with Crippen LogP contribution < -0.4 is 4.74 Å². The largest absolute Gasteiger partial charge is 0.473 e. The Hall–Kier alpha value is -0.990. The third-order valence-corrected chi connectivity index (χ3v) is 1.05. The maximum Gasteiger partial charge on any atom is 0.216 e. The molecule has 1 aliphatic heterocycles. The summed E-state index contributed by atoms with van der Waals surface area (Å²) in [5.74, 6) is 0.833.